The van der Waals surface area contributed by atoms with Crippen LogP contribution in [0.15, 0.2) is 29.6 Å². The summed E-state index contributed by atoms with van der Waals surface area (Å²) >= 11 is 3.05. The second-order valence-electron chi connectivity index (χ2n) is 5.68. The topological polar surface area (TPSA) is 64.6 Å². The first-order valence-electron chi connectivity index (χ1n) is 8.91. The summed E-state index contributed by atoms with van der Waals surface area (Å²) < 4.78 is 10.7. The van der Waals surface area contributed by atoms with Crippen molar-refractivity contribution in [1.29, 1.82) is 0 Å². The number of carbonyl (C=O) groups is 2. The van der Waals surface area contributed by atoms with Gasteiger partial charge >= 0.3 is 5.97 Å². The zero-order valence-electron chi connectivity index (χ0n) is 15.9. The van der Waals surface area contributed by atoms with Crippen molar-refractivity contribution in [1.82, 2.24) is 0 Å². The fraction of sp³-hybridized carbons (Fsp3) is 0.400. The fourth-order valence-corrected chi connectivity index (χ4v) is 3.94. The van der Waals surface area contributed by atoms with Gasteiger partial charge in [0.1, 0.15) is 16.3 Å². The molecule has 7 heteroatoms. The lowest BCUT2D eigenvalue weighted by atomic mass is 10.0. The number of ether oxygens (including phenoxy) is 2. The van der Waals surface area contributed by atoms with Gasteiger partial charge in [-0.25, -0.2) is 4.79 Å². The molecule has 1 aromatic carbocycles. The monoisotopic (exact) mass is 407 g/mol. The number of amides is 1. The predicted octanol–water partition coefficient (Wildman–Crippen LogP) is 5.07. The first kappa shape index (κ1) is 21.3. The molecule has 5 nitrogen and oxygen atoms in total. The molecule has 0 aliphatic rings. The molecule has 0 saturated heterocycles. The van der Waals surface area contributed by atoms with Gasteiger partial charge in [-0.1, -0.05) is 12.1 Å². The van der Waals surface area contributed by atoms with Crippen LogP contribution in [0.5, 0.6) is 5.75 Å². The summed E-state index contributed by atoms with van der Waals surface area (Å²) in [6.07, 6.45) is 3.25. The Balaban J connectivity index is 2.27. The number of benzene rings is 1. The summed E-state index contributed by atoms with van der Waals surface area (Å²) in [6.45, 7) is 4.57. The van der Waals surface area contributed by atoms with Crippen LogP contribution in [0.2, 0.25) is 0 Å². The van der Waals surface area contributed by atoms with Crippen LogP contribution in [0.25, 0.3) is 11.1 Å². The highest BCUT2D eigenvalue weighted by molar-refractivity contribution is 7.98. The van der Waals surface area contributed by atoms with Crippen molar-refractivity contribution in [3.8, 4) is 16.9 Å². The summed E-state index contributed by atoms with van der Waals surface area (Å²) in [5.41, 5.74) is 2.03. The Morgan fingerprint density at radius 3 is 2.52 bits per heavy atom. The van der Waals surface area contributed by atoms with Crippen molar-refractivity contribution in [2.24, 2.45) is 0 Å². The molecule has 146 valence electrons. The standard InChI is InChI=1S/C20H25NO4S2/c1-4-24-15-10-8-14(9-11-15)16-13-27-19(18(16)20(23)25-5-2)21-17(22)7-6-12-26-3/h8-11,13H,4-7,12H2,1-3H3,(H,21,22). The Labute approximate surface area is 168 Å². The van der Waals surface area contributed by atoms with Gasteiger partial charge in [0.25, 0.3) is 0 Å². The molecule has 0 aliphatic carbocycles. The average Bonchev–Trinajstić information content (AvgIpc) is 3.06. The number of anilines is 1. The van der Waals surface area contributed by atoms with Gasteiger partial charge < -0.3 is 14.8 Å². The SMILES string of the molecule is CCOC(=O)c1c(-c2ccc(OCC)cc2)csc1NC(=O)CCCSC. The average molecular weight is 408 g/mol. The number of rotatable bonds is 10. The maximum absolute atomic E-state index is 12.5. The molecule has 1 heterocycles. The Morgan fingerprint density at radius 1 is 1.15 bits per heavy atom. The third-order valence-corrected chi connectivity index (χ3v) is 5.34. The molecular formula is C20H25NO4S2. The van der Waals surface area contributed by atoms with E-state index in [1.54, 1.807) is 18.7 Å². The van der Waals surface area contributed by atoms with Crippen molar-refractivity contribution in [2.75, 3.05) is 30.5 Å². The summed E-state index contributed by atoms with van der Waals surface area (Å²) in [5.74, 6) is 1.19. The van der Waals surface area contributed by atoms with E-state index in [2.05, 4.69) is 5.32 Å². The number of hydrogen-bond donors (Lipinski definition) is 1. The first-order chi connectivity index (χ1) is 13.1. The van der Waals surface area contributed by atoms with Crippen molar-refractivity contribution in [2.45, 2.75) is 26.7 Å². The van der Waals surface area contributed by atoms with E-state index in [1.807, 2.05) is 42.8 Å². The molecule has 1 amide bonds. The molecule has 0 fully saturated rings. The highest BCUT2D eigenvalue weighted by Crippen LogP contribution is 2.37. The van der Waals surface area contributed by atoms with Crippen LogP contribution in [0.3, 0.4) is 0 Å². The summed E-state index contributed by atoms with van der Waals surface area (Å²) in [5, 5.41) is 5.28. The van der Waals surface area contributed by atoms with Crippen LogP contribution in [-0.2, 0) is 9.53 Å². The van der Waals surface area contributed by atoms with Crippen LogP contribution in [0.4, 0.5) is 5.00 Å². The minimum atomic E-state index is -0.429. The number of carbonyl (C=O) groups excluding carboxylic acids is 2. The third-order valence-electron chi connectivity index (χ3n) is 3.75. The molecule has 2 aromatic rings. The van der Waals surface area contributed by atoms with Gasteiger partial charge in [0.05, 0.1) is 13.2 Å². The molecule has 0 aliphatic heterocycles. The van der Waals surface area contributed by atoms with Crippen LogP contribution in [0, 0.1) is 0 Å². The zero-order chi connectivity index (χ0) is 19.6. The van der Waals surface area contributed by atoms with E-state index in [0.29, 0.717) is 23.6 Å². The molecule has 0 radical (unpaired) electrons. The van der Waals surface area contributed by atoms with Gasteiger partial charge in [-0.05, 0) is 50.0 Å². The number of hydrogen-bond acceptors (Lipinski definition) is 6. The van der Waals surface area contributed by atoms with Crippen molar-refractivity contribution < 1.29 is 19.1 Å². The number of thiophene rings is 1. The normalized spacial score (nSPS) is 10.5. The zero-order valence-corrected chi connectivity index (χ0v) is 17.5. The lowest BCUT2D eigenvalue weighted by molar-refractivity contribution is -0.116. The maximum atomic E-state index is 12.5. The van der Waals surface area contributed by atoms with Gasteiger partial charge in [0.2, 0.25) is 5.91 Å². The van der Waals surface area contributed by atoms with Crippen LogP contribution < -0.4 is 10.1 Å². The smallest absolute Gasteiger partial charge is 0.341 e. The molecule has 0 bridgehead atoms. The number of thioether (sulfide) groups is 1. The lowest BCUT2D eigenvalue weighted by Gasteiger charge is -2.09. The van der Waals surface area contributed by atoms with Crippen LogP contribution in [-0.4, -0.2) is 37.1 Å². The quantitative estimate of drug-likeness (QED) is 0.440. The van der Waals surface area contributed by atoms with E-state index in [4.69, 9.17) is 9.47 Å². The predicted molar refractivity (Wildman–Crippen MR) is 113 cm³/mol. The molecular weight excluding hydrogens is 382 g/mol. The molecule has 1 aromatic heterocycles. The summed E-state index contributed by atoms with van der Waals surface area (Å²) in [6, 6.07) is 7.54. The van der Waals surface area contributed by atoms with E-state index < -0.39 is 5.97 Å². The molecule has 0 atom stereocenters. The molecule has 27 heavy (non-hydrogen) atoms. The Bertz CT molecular complexity index is 756. The van der Waals surface area contributed by atoms with Crippen molar-refractivity contribution >= 4 is 40.0 Å². The molecule has 1 N–H and O–H groups in total. The third kappa shape index (κ3) is 6.01. The van der Waals surface area contributed by atoms with E-state index in [9.17, 15) is 9.59 Å². The van der Waals surface area contributed by atoms with Crippen molar-refractivity contribution in [3.63, 3.8) is 0 Å². The van der Waals surface area contributed by atoms with Crippen LogP contribution in [0.1, 0.15) is 37.0 Å². The molecule has 2 rings (SSSR count). The van der Waals surface area contributed by atoms with E-state index in [-0.39, 0.29) is 12.5 Å². The Morgan fingerprint density at radius 2 is 1.89 bits per heavy atom. The largest absolute Gasteiger partial charge is 0.494 e. The molecule has 0 spiro atoms. The molecule has 0 saturated carbocycles. The van der Waals surface area contributed by atoms with Gasteiger partial charge in [-0.3, -0.25) is 4.79 Å². The highest BCUT2D eigenvalue weighted by atomic mass is 32.2. The van der Waals surface area contributed by atoms with Gasteiger partial charge in [-0.2, -0.15) is 11.8 Å². The van der Waals surface area contributed by atoms with Gasteiger partial charge in [0.15, 0.2) is 0 Å². The number of nitrogens with one attached hydrogen (secondary N) is 1. The first-order valence-corrected chi connectivity index (χ1v) is 11.2. The van der Waals surface area contributed by atoms with E-state index >= 15 is 0 Å². The van der Waals surface area contributed by atoms with Crippen LogP contribution >= 0.6 is 23.1 Å². The fourth-order valence-electron chi connectivity index (χ4n) is 2.53. The van der Waals surface area contributed by atoms with E-state index in [1.165, 1.54) is 11.3 Å². The lowest BCUT2D eigenvalue weighted by Crippen LogP contribution is -2.14. The highest BCUT2D eigenvalue weighted by Gasteiger charge is 2.22. The molecule has 0 unspecified atom stereocenters. The van der Waals surface area contributed by atoms with Gasteiger partial charge in [-0.15, -0.1) is 11.3 Å². The number of esters is 1. The second kappa shape index (κ2) is 11.0. The second-order valence-corrected chi connectivity index (χ2v) is 7.54. The summed E-state index contributed by atoms with van der Waals surface area (Å²) in [4.78, 5) is 24.7. The van der Waals surface area contributed by atoms with E-state index in [0.717, 1.165) is 29.1 Å². The van der Waals surface area contributed by atoms with Crippen molar-refractivity contribution in [3.05, 3.63) is 35.2 Å². The maximum Gasteiger partial charge on any atom is 0.341 e. The Kier molecular flexibility index (Phi) is 8.67. The minimum Gasteiger partial charge on any atom is -0.494 e. The summed E-state index contributed by atoms with van der Waals surface area (Å²) in [7, 11) is 0. The minimum absolute atomic E-state index is 0.0882. The van der Waals surface area contributed by atoms with Gasteiger partial charge in [0, 0.05) is 17.4 Å². The Hall–Kier alpha value is -1.99.